The van der Waals surface area contributed by atoms with E-state index in [2.05, 4.69) is 15.9 Å². The Hall–Kier alpha value is -1.09. The van der Waals surface area contributed by atoms with Gasteiger partial charge in [0.25, 0.3) is 0 Å². The summed E-state index contributed by atoms with van der Waals surface area (Å²) in [6.07, 6.45) is 2.48. The Balaban J connectivity index is 2.10. The minimum Gasteiger partial charge on any atom is -0.469 e. The van der Waals surface area contributed by atoms with Crippen molar-refractivity contribution < 1.29 is 8.81 Å². The van der Waals surface area contributed by atoms with E-state index in [1.165, 1.54) is 6.07 Å². The highest BCUT2D eigenvalue weighted by Gasteiger charge is 2.11. The third kappa shape index (κ3) is 2.73. The first kappa shape index (κ1) is 11.4. The zero-order chi connectivity index (χ0) is 11.5. The number of hydrogen-bond acceptors (Lipinski definition) is 1. The normalized spacial score (nSPS) is 12.7. The molecule has 1 nitrogen and oxygen atoms in total. The van der Waals surface area contributed by atoms with E-state index in [-0.39, 0.29) is 10.6 Å². The summed E-state index contributed by atoms with van der Waals surface area (Å²) < 4.78 is 18.2. The molecule has 2 aromatic rings. The lowest BCUT2D eigenvalue weighted by Gasteiger charge is -2.07. The van der Waals surface area contributed by atoms with Crippen molar-refractivity contribution in [3.8, 4) is 0 Å². The maximum absolute atomic E-state index is 13.0. The topological polar surface area (TPSA) is 13.1 Å². The van der Waals surface area contributed by atoms with Crippen LogP contribution >= 0.6 is 15.9 Å². The third-order valence-electron chi connectivity index (χ3n) is 2.42. The van der Waals surface area contributed by atoms with Crippen LogP contribution < -0.4 is 0 Å². The van der Waals surface area contributed by atoms with Gasteiger partial charge in [-0.1, -0.05) is 28.1 Å². The molecule has 0 radical (unpaired) electrons. The van der Waals surface area contributed by atoms with Crippen LogP contribution in [0.5, 0.6) is 0 Å². The minimum absolute atomic E-state index is 0.159. The van der Waals surface area contributed by atoms with Crippen LogP contribution in [0.4, 0.5) is 4.39 Å². The number of benzene rings is 1. The number of aryl methyl sites for hydroxylation is 1. The summed E-state index contributed by atoms with van der Waals surface area (Å²) in [5, 5.41) is 0. The van der Waals surface area contributed by atoms with Crippen LogP contribution in [-0.2, 0) is 6.42 Å². The Morgan fingerprint density at radius 3 is 2.81 bits per heavy atom. The van der Waals surface area contributed by atoms with Crippen molar-refractivity contribution in [3.05, 3.63) is 59.3 Å². The molecule has 16 heavy (non-hydrogen) atoms. The van der Waals surface area contributed by atoms with E-state index in [1.54, 1.807) is 18.4 Å². The van der Waals surface area contributed by atoms with Gasteiger partial charge in [-0.05, 0) is 37.1 Å². The Kier molecular flexibility index (Phi) is 3.44. The highest BCUT2D eigenvalue weighted by Crippen LogP contribution is 2.28. The molecule has 2 rings (SSSR count). The second kappa shape index (κ2) is 4.83. The van der Waals surface area contributed by atoms with E-state index in [0.717, 1.165) is 23.3 Å². The van der Waals surface area contributed by atoms with Crippen molar-refractivity contribution in [2.45, 2.75) is 18.2 Å². The number of rotatable bonds is 3. The van der Waals surface area contributed by atoms with Crippen molar-refractivity contribution in [1.29, 1.82) is 0 Å². The first-order valence-corrected chi connectivity index (χ1v) is 6.00. The van der Waals surface area contributed by atoms with Crippen molar-refractivity contribution in [2.24, 2.45) is 0 Å². The van der Waals surface area contributed by atoms with Crippen LogP contribution in [-0.4, -0.2) is 0 Å². The van der Waals surface area contributed by atoms with Gasteiger partial charge in [0.1, 0.15) is 11.6 Å². The molecule has 0 aliphatic rings. The van der Waals surface area contributed by atoms with Crippen molar-refractivity contribution >= 4 is 15.9 Å². The summed E-state index contributed by atoms with van der Waals surface area (Å²) in [6, 6.07) is 8.64. The molecule has 0 amide bonds. The van der Waals surface area contributed by atoms with E-state index >= 15 is 0 Å². The molecule has 1 aromatic carbocycles. The molecule has 1 unspecified atom stereocenters. The van der Waals surface area contributed by atoms with Gasteiger partial charge in [0.05, 0.1) is 6.26 Å². The van der Waals surface area contributed by atoms with Crippen LogP contribution in [0, 0.1) is 12.7 Å². The molecule has 1 atom stereocenters. The number of alkyl halides is 1. The molecule has 0 bridgehead atoms. The summed E-state index contributed by atoms with van der Waals surface area (Å²) >= 11 is 3.58. The van der Waals surface area contributed by atoms with Gasteiger partial charge in [-0.15, -0.1) is 0 Å². The van der Waals surface area contributed by atoms with Gasteiger partial charge < -0.3 is 4.42 Å². The molecule has 1 heterocycles. The predicted molar refractivity (Wildman–Crippen MR) is 65.2 cm³/mol. The van der Waals surface area contributed by atoms with Gasteiger partial charge in [0.2, 0.25) is 0 Å². The number of hydrogen-bond donors (Lipinski definition) is 0. The fraction of sp³-hybridized carbons (Fsp3) is 0.231. The van der Waals surface area contributed by atoms with E-state index in [1.807, 2.05) is 19.1 Å². The monoisotopic (exact) mass is 282 g/mol. The van der Waals surface area contributed by atoms with Crippen LogP contribution in [0.2, 0.25) is 0 Å². The minimum atomic E-state index is -0.194. The SMILES string of the molecule is Cc1cc(C(Br)Cc2cccc(F)c2)co1. The van der Waals surface area contributed by atoms with E-state index in [4.69, 9.17) is 4.42 Å². The second-order valence-electron chi connectivity index (χ2n) is 3.79. The zero-order valence-electron chi connectivity index (χ0n) is 8.91. The molecule has 3 heteroatoms. The lowest BCUT2D eigenvalue weighted by Crippen LogP contribution is -1.94. The van der Waals surface area contributed by atoms with E-state index in [0.29, 0.717) is 0 Å². The fourth-order valence-corrected chi connectivity index (χ4v) is 2.23. The summed E-state index contributed by atoms with van der Waals surface area (Å²) in [6.45, 7) is 1.91. The molecule has 84 valence electrons. The van der Waals surface area contributed by atoms with Crippen LogP contribution in [0.15, 0.2) is 41.0 Å². The molecular formula is C13H12BrFO. The molecule has 0 aliphatic heterocycles. The molecule has 0 spiro atoms. The molecule has 0 saturated carbocycles. The van der Waals surface area contributed by atoms with Crippen molar-refractivity contribution in [3.63, 3.8) is 0 Å². The zero-order valence-corrected chi connectivity index (χ0v) is 10.5. The lowest BCUT2D eigenvalue weighted by atomic mass is 10.1. The van der Waals surface area contributed by atoms with E-state index < -0.39 is 0 Å². The number of furan rings is 1. The highest BCUT2D eigenvalue weighted by atomic mass is 79.9. The molecule has 0 fully saturated rings. The molecule has 0 aliphatic carbocycles. The second-order valence-corrected chi connectivity index (χ2v) is 4.90. The maximum Gasteiger partial charge on any atom is 0.123 e. The van der Waals surface area contributed by atoms with Gasteiger partial charge in [-0.25, -0.2) is 4.39 Å². The molecule has 0 N–H and O–H groups in total. The summed E-state index contributed by atoms with van der Waals surface area (Å²) in [4.78, 5) is 0.159. The molecular weight excluding hydrogens is 271 g/mol. The van der Waals surface area contributed by atoms with Crippen molar-refractivity contribution in [2.75, 3.05) is 0 Å². The Labute approximate surface area is 102 Å². The predicted octanol–water partition coefficient (Wildman–Crippen LogP) is 4.41. The smallest absolute Gasteiger partial charge is 0.123 e. The lowest BCUT2D eigenvalue weighted by molar-refractivity contribution is 0.531. The van der Waals surface area contributed by atoms with Crippen LogP contribution in [0.25, 0.3) is 0 Å². The van der Waals surface area contributed by atoms with Gasteiger partial charge in [-0.3, -0.25) is 0 Å². The molecule has 1 aromatic heterocycles. The standard InChI is InChI=1S/C13H12BrFO/c1-9-5-11(8-16-9)13(14)7-10-3-2-4-12(15)6-10/h2-6,8,13H,7H2,1H3. The highest BCUT2D eigenvalue weighted by molar-refractivity contribution is 9.09. The van der Waals surface area contributed by atoms with Gasteiger partial charge >= 0.3 is 0 Å². The number of halogens is 2. The largest absolute Gasteiger partial charge is 0.469 e. The van der Waals surface area contributed by atoms with Crippen molar-refractivity contribution in [1.82, 2.24) is 0 Å². The first-order chi connectivity index (χ1) is 7.65. The van der Waals surface area contributed by atoms with Gasteiger partial charge in [-0.2, -0.15) is 0 Å². The first-order valence-electron chi connectivity index (χ1n) is 5.08. The average Bonchev–Trinajstić information content (AvgIpc) is 2.65. The summed E-state index contributed by atoms with van der Waals surface area (Å²) in [5.74, 6) is 0.694. The van der Waals surface area contributed by atoms with Crippen LogP contribution in [0.1, 0.15) is 21.7 Å². The maximum atomic E-state index is 13.0. The third-order valence-corrected chi connectivity index (χ3v) is 3.27. The van der Waals surface area contributed by atoms with Crippen LogP contribution in [0.3, 0.4) is 0 Å². The van der Waals surface area contributed by atoms with Gasteiger partial charge in [0, 0.05) is 10.4 Å². The Morgan fingerprint density at radius 2 is 2.19 bits per heavy atom. The Bertz CT molecular complexity index is 478. The summed E-state index contributed by atoms with van der Waals surface area (Å²) in [5.41, 5.74) is 2.06. The Morgan fingerprint density at radius 1 is 1.38 bits per heavy atom. The average molecular weight is 283 g/mol. The van der Waals surface area contributed by atoms with Gasteiger partial charge in [0.15, 0.2) is 0 Å². The molecule has 0 saturated heterocycles. The fourth-order valence-electron chi connectivity index (χ4n) is 1.62. The summed E-state index contributed by atoms with van der Waals surface area (Å²) in [7, 11) is 0. The van der Waals surface area contributed by atoms with E-state index in [9.17, 15) is 4.39 Å². The quantitative estimate of drug-likeness (QED) is 0.761.